The average molecular weight is 878 g/mol. The highest BCUT2D eigenvalue weighted by molar-refractivity contribution is 8.00. The minimum atomic E-state index is -1.16. The Balaban J connectivity index is 4.10. The van der Waals surface area contributed by atoms with Crippen LogP contribution < -0.4 is 5.73 Å². The second kappa shape index (κ2) is 44.2. The molecular weight excluding hydrogens is 787 g/mol. The third kappa shape index (κ3) is 41.4. The lowest BCUT2D eigenvalue weighted by Gasteiger charge is -2.21. The van der Waals surface area contributed by atoms with Crippen LogP contribution in [0, 0.1) is 5.92 Å². The van der Waals surface area contributed by atoms with E-state index in [1.807, 2.05) is 30.4 Å². The highest BCUT2D eigenvalue weighted by atomic mass is 32.2. The van der Waals surface area contributed by atoms with Crippen molar-refractivity contribution in [3.05, 3.63) is 48.6 Å². The van der Waals surface area contributed by atoms with Gasteiger partial charge in [-0.2, -0.15) is 0 Å². The topological polar surface area (TPSA) is 156 Å². The van der Waals surface area contributed by atoms with Crippen molar-refractivity contribution in [2.24, 2.45) is 11.7 Å². The van der Waals surface area contributed by atoms with E-state index in [2.05, 4.69) is 39.0 Å². The number of carbonyl (C=O) groups excluding carboxylic acids is 2. The number of nitrogens with two attached hydrogens (primary N) is 1. The van der Waals surface area contributed by atoms with Crippen LogP contribution in [0.1, 0.15) is 207 Å². The standard InChI is InChI=1S/C51H91NO8S/c1-4-6-7-8-9-10-11-21-24-27-30-33-38-48(47(54)37-35-39-49(55)56)61-43-46(52)51(58)60-42-45(53)41-59-50(57)40-34-31-28-25-22-19-17-15-13-12-14-16-18-20-23-26-29-32-36-44(3)5-2/h9-10,21,24,27,30,33,38,44-48,53-54H,4-8,11-20,22-23,25-26,28-29,31-32,34-37,39-43,52H2,1-3H3,(H,55,56)/b10-9-,24-21-,30-27+,38-33+/t44?,45-,46-,47-,48+/m0/s1. The minimum Gasteiger partial charge on any atom is -0.481 e. The van der Waals surface area contributed by atoms with Gasteiger partial charge in [0, 0.05) is 23.8 Å². The van der Waals surface area contributed by atoms with Crippen molar-refractivity contribution in [2.75, 3.05) is 19.0 Å². The maximum atomic E-state index is 12.6. The molecule has 0 rings (SSSR count). The molecule has 1 unspecified atom stereocenters. The Morgan fingerprint density at radius 2 is 1.18 bits per heavy atom. The van der Waals surface area contributed by atoms with E-state index in [1.54, 1.807) is 0 Å². The lowest BCUT2D eigenvalue weighted by atomic mass is 9.99. The van der Waals surface area contributed by atoms with Crippen molar-refractivity contribution >= 4 is 29.7 Å². The summed E-state index contributed by atoms with van der Waals surface area (Å²) < 4.78 is 10.4. The van der Waals surface area contributed by atoms with Gasteiger partial charge in [-0.1, -0.05) is 204 Å². The fraction of sp³-hybridized carbons (Fsp3) is 0.784. The normalized spacial score (nSPS) is 14.6. The van der Waals surface area contributed by atoms with Crippen molar-refractivity contribution in [3.63, 3.8) is 0 Å². The van der Waals surface area contributed by atoms with Crippen LogP contribution in [-0.4, -0.2) is 75.7 Å². The number of aliphatic hydroxyl groups excluding tert-OH is 2. The highest BCUT2D eigenvalue weighted by Crippen LogP contribution is 2.22. The van der Waals surface area contributed by atoms with Crippen LogP contribution in [0.5, 0.6) is 0 Å². The van der Waals surface area contributed by atoms with E-state index in [-0.39, 0.29) is 37.8 Å². The van der Waals surface area contributed by atoms with Gasteiger partial charge in [0.15, 0.2) is 0 Å². The van der Waals surface area contributed by atoms with Crippen LogP contribution >= 0.6 is 11.8 Å². The van der Waals surface area contributed by atoms with Crippen LogP contribution in [0.4, 0.5) is 0 Å². The first-order valence-electron chi connectivity index (χ1n) is 24.5. The Kier molecular flexibility index (Phi) is 42.5. The van der Waals surface area contributed by atoms with Crippen LogP contribution in [0.3, 0.4) is 0 Å². The van der Waals surface area contributed by atoms with E-state index < -0.39 is 35.4 Å². The summed E-state index contributed by atoms with van der Waals surface area (Å²) in [4.78, 5) is 35.7. The number of aliphatic carboxylic acids is 1. The molecule has 0 aromatic carbocycles. The molecule has 0 aliphatic heterocycles. The Hall–Kier alpha value is -2.40. The van der Waals surface area contributed by atoms with Crippen molar-refractivity contribution in [3.8, 4) is 0 Å². The number of hydrogen-bond acceptors (Lipinski definition) is 9. The Labute approximate surface area is 377 Å². The molecule has 0 bridgehead atoms. The fourth-order valence-corrected chi connectivity index (χ4v) is 7.98. The molecule has 0 fully saturated rings. The summed E-state index contributed by atoms with van der Waals surface area (Å²) in [7, 11) is 0. The van der Waals surface area contributed by atoms with Gasteiger partial charge in [0.2, 0.25) is 0 Å². The number of thioether (sulfide) groups is 1. The third-order valence-corrected chi connectivity index (χ3v) is 12.5. The molecule has 5 atom stereocenters. The summed E-state index contributed by atoms with van der Waals surface area (Å²) in [6, 6.07) is -1.01. The van der Waals surface area contributed by atoms with E-state index in [0.29, 0.717) is 12.8 Å². The van der Waals surface area contributed by atoms with Gasteiger partial charge in [0.05, 0.1) is 6.10 Å². The molecule has 0 aliphatic rings. The zero-order chi connectivity index (χ0) is 45.0. The molecule has 0 aromatic heterocycles. The summed E-state index contributed by atoms with van der Waals surface area (Å²) in [6.45, 7) is 6.25. The maximum absolute atomic E-state index is 12.6. The number of carbonyl (C=O) groups is 3. The van der Waals surface area contributed by atoms with Crippen LogP contribution in [-0.2, 0) is 23.9 Å². The molecule has 0 spiro atoms. The van der Waals surface area contributed by atoms with E-state index in [0.717, 1.165) is 38.0 Å². The Morgan fingerprint density at radius 3 is 1.75 bits per heavy atom. The number of esters is 2. The van der Waals surface area contributed by atoms with Crippen LogP contribution in [0.2, 0.25) is 0 Å². The summed E-state index contributed by atoms with van der Waals surface area (Å²) in [6.07, 6.45) is 46.2. The molecule has 0 amide bonds. The number of carboxylic acids is 1. The van der Waals surface area contributed by atoms with Crippen molar-refractivity contribution in [1.82, 2.24) is 0 Å². The van der Waals surface area contributed by atoms with E-state index in [9.17, 15) is 24.6 Å². The Morgan fingerprint density at radius 1 is 0.623 bits per heavy atom. The number of hydrogen-bond donors (Lipinski definition) is 4. The number of allylic oxidation sites excluding steroid dienone is 7. The molecule has 354 valence electrons. The number of rotatable bonds is 44. The van der Waals surface area contributed by atoms with Gasteiger partial charge in [0.1, 0.15) is 25.4 Å². The second-order valence-electron chi connectivity index (χ2n) is 17.0. The molecule has 9 nitrogen and oxygen atoms in total. The van der Waals surface area contributed by atoms with E-state index >= 15 is 0 Å². The molecule has 0 heterocycles. The number of unbranched alkanes of at least 4 members (excludes halogenated alkanes) is 20. The van der Waals surface area contributed by atoms with Gasteiger partial charge < -0.3 is 30.5 Å². The summed E-state index contributed by atoms with van der Waals surface area (Å²) >= 11 is 1.28. The summed E-state index contributed by atoms with van der Waals surface area (Å²) in [5.74, 6) is -0.963. The van der Waals surface area contributed by atoms with E-state index in [1.165, 1.54) is 140 Å². The molecule has 5 N–H and O–H groups in total. The van der Waals surface area contributed by atoms with Crippen LogP contribution in [0.15, 0.2) is 48.6 Å². The van der Waals surface area contributed by atoms with Gasteiger partial charge in [-0.05, 0) is 44.4 Å². The molecule has 0 radical (unpaired) electrons. The molecule has 0 saturated heterocycles. The molecule has 0 saturated carbocycles. The largest absolute Gasteiger partial charge is 0.481 e. The third-order valence-electron chi connectivity index (χ3n) is 11.1. The van der Waals surface area contributed by atoms with Gasteiger partial charge >= 0.3 is 17.9 Å². The SMILES string of the molecule is CCCCC/C=C\C\C=C/C=C/C=C/[C@@H](SC[C@H](N)C(=O)OC[C@@H](O)COC(=O)CCCCCCCCCCCCCCCCCCCCC(C)CC)[C@@H](O)CCCC(=O)O. The smallest absolute Gasteiger partial charge is 0.323 e. The van der Waals surface area contributed by atoms with Gasteiger partial charge in [-0.25, -0.2) is 0 Å². The number of aliphatic hydroxyl groups is 2. The summed E-state index contributed by atoms with van der Waals surface area (Å²) in [5.41, 5.74) is 6.08. The molecule has 0 aliphatic carbocycles. The van der Waals surface area contributed by atoms with Crippen molar-refractivity contribution < 1.29 is 39.2 Å². The van der Waals surface area contributed by atoms with Gasteiger partial charge in [-0.3, -0.25) is 14.4 Å². The lowest BCUT2D eigenvalue weighted by Crippen LogP contribution is -2.38. The number of carboxylic acid groups (broad SMARTS) is 1. The minimum absolute atomic E-state index is 0.0429. The fourth-order valence-electron chi connectivity index (χ4n) is 6.86. The van der Waals surface area contributed by atoms with Crippen molar-refractivity contribution in [2.45, 2.75) is 230 Å². The number of ether oxygens (including phenoxy) is 2. The van der Waals surface area contributed by atoms with Gasteiger partial charge in [-0.15, -0.1) is 11.8 Å². The van der Waals surface area contributed by atoms with Crippen LogP contribution in [0.25, 0.3) is 0 Å². The first-order valence-corrected chi connectivity index (χ1v) is 25.6. The highest BCUT2D eigenvalue weighted by Gasteiger charge is 2.23. The average Bonchev–Trinajstić information content (AvgIpc) is 3.24. The zero-order valence-corrected chi connectivity index (χ0v) is 39.8. The molecule has 0 aromatic rings. The predicted molar refractivity (Wildman–Crippen MR) is 257 cm³/mol. The monoisotopic (exact) mass is 878 g/mol. The second-order valence-corrected chi connectivity index (χ2v) is 18.3. The maximum Gasteiger partial charge on any atom is 0.323 e. The quantitative estimate of drug-likeness (QED) is 0.0201. The summed E-state index contributed by atoms with van der Waals surface area (Å²) in [5, 5.41) is 29.6. The first-order chi connectivity index (χ1) is 29.6. The first kappa shape index (κ1) is 58.6. The Bertz CT molecular complexity index is 1160. The molecular formula is C51H91NO8S. The molecule has 61 heavy (non-hydrogen) atoms. The molecule has 10 heteroatoms. The zero-order valence-electron chi connectivity index (χ0n) is 39.0. The predicted octanol–water partition coefficient (Wildman–Crippen LogP) is 12.5. The van der Waals surface area contributed by atoms with Crippen molar-refractivity contribution in [1.29, 1.82) is 0 Å². The lowest BCUT2D eigenvalue weighted by molar-refractivity contribution is -0.153. The van der Waals surface area contributed by atoms with Gasteiger partial charge in [0.25, 0.3) is 0 Å². The van der Waals surface area contributed by atoms with E-state index in [4.69, 9.17) is 20.3 Å².